The second kappa shape index (κ2) is 6.23. The average molecular weight is 302 g/mol. The van der Waals surface area contributed by atoms with Gasteiger partial charge in [-0.05, 0) is 24.8 Å². The molecule has 0 radical (unpaired) electrons. The van der Waals surface area contributed by atoms with Crippen LogP contribution in [0.4, 0.5) is 0 Å². The summed E-state index contributed by atoms with van der Waals surface area (Å²) in [6, 6.07) is 10.3. The number of rotatable bonds is 4. The van der Waals surface area contributed by atoms with Crippen LogP contribution in [-0.4, -0.2) is 30.1 Å². The summed E-state index contributed by atoms with van der Waals surface area (Å²) in [6.45, 7) is 1.22. The van der Waals surface area contributed by atoms with Crippen molar-refractivity contribution in [2.75, 3.05) is 13.2 Å². The van der Waals surface area contributed by atoms with Gasteiger partial charge in [0.05, 0.1) is 18.6 Å². The topological polar surface area (TPSA) is 55.8 Å². The van der Waals surface area contributed by atoms with Crippen LogP contribution in [0.25, 0.3) is 0 Å². The quantitative estimate of drug-likeness (QED) is 0.867. The molecule has 2 aliphatic rings. The third-order valence-electron chi connectivity index (χ3n) is 4.90. The van der Waals surface area contributed by atoms with Crippen LogP contribution >= 0.6 is 0 Å². The average Bonchev–Trinajstić information content (AvgIpc) is 3.00. The van der Waals surface area contributed by atoms with E-state index in [2.05, 4.69) is 12.1 Å². The maximum Gasteiger partial charge on any atom is 0.327 e. The predicted octanol–water partition coefficient (Wildman–Crippen LogP) is 3.27. The molecule has 118 valence electrons. The van der Waals surface area contributed by atoms with Crippen LogP contribution in [0.5, 0.6) is 0 Å². The number of ether oxygens (including phenoxy) is 2. The van der Waals surface area contributed by atoms with E-state index < -0.39 is 11.8 Å². The first-order chi connectivity index (χ1) is 10.7. The Labute approximate surface area is 130 Å². The highest BCUT2D eigenvalue weighted by Crippen LogP contribution is 2.53. The molecule has 1 atom stereocenters. The summed E-state index contributed by atoms with van der Waals surface area (Å²) in [5, 5.41) is 8.91. The van der Waals surface area contributed by atoms with Gasteiger partial charge in [0.25, 0.3) is 0 Å². The van der Waals surface area contributed by atoms with Gasteiger partial charge in [-0.2, -0.15) is 0 Å². The molecule has 4 heteroatoms. The van der Waals surface area contributed by atoms with E-state index in [1.165, 1.54) is 11.6 Å². The van der Waals surface area contributed by atoms with Crippen molar-refractivity contribution >= 4 is 5.97 Å². The van der Waals surface area contributed by atoms with Crippen LogP contribution in [-0.2, 0) is 19.7 Å². The lowest BCUT2D eigenvalue weighted by atomic mass is 9.63. The lowest BCUT2D eigenvalue weighted by Crippen LogP contribution is -2.54. The first kappa shape index (κ1) is 15.3. The van der Waals surface area contributed by atoms with E-state index in [1.807, 2.05) is 18.2 Å². The van der Waals surface area contributed by atoms with E-state index in [1.54, 1.807) is 6.08 Å². The molecule has 1 aromatic carbocycles. The molecule has 0 bridgehead atoms. The number of hydrogen-bond acceptors (Lipinski definition) is 3. The highest BCUT2D eigenvalue weighted by molar-refractivity contribution is 5.79. The minimum Gasteiger partial charge on any atom is -0.478 e. The molecule has 1 aromatic rings. The fourth-order valence-corrected chi connectivity index (χ4v) is 3.95. The summed E-state index contributed by atoms with van der Waals surface area (Å²) in [7, 11) is 0. The molecule has 1 heterocycles. The maximum absolute atomic E-state index is 10.8. The number of carboxylic acids is 1. The molecular formula is C18H22O4. The second-order valence-electron chi connectivity index (χ2n) is 6.05. The standard InChI is InChI=1S/C18H22O4/c19-16(20)9-6-11-17(15-7-2-1-3-8-15)10-4-5-12-18(17)21-13-14-22-18/h1-3,6-9H,4-5,10-14H2,(H,19,20). The highest BCUT2D eigenvalue weighted by atomic mass is 16.7. The van der Waals surface area contributed by atoms with Crippen molar-refractivity contribution in [3.05, 3.63) is 48.0 Å². The van der Waals surface area contributed by atoms with Gasteiger partial charge in [-0.3, -0.25) is 0 Å². The minimum atomic E-state index is -0.915. The smallest absolute Gasteiger partial charge is 0.327 e. The van der Waals surface area contributed by atoms with Crippen molar-refractivity contribution in [2.45, 2.75) is 43.3 Å². The molecule has 1 aliphatic heterocycles. The maximum atomic E-state index is 10.8. The van der Waals surface area contributed by atoms with Gasteiger partial charge in [0.2, 0.25) is 0 Å². The summed E-state index contributed by atoms with van der Waals surface area (Å²) in [5.74, 6) is -1.53. The molecule has 2 fully saturated rings. The molecule has 22 heavy (non-hydrogen) atoms. The van der Waals surface area contributed by atoms with Crippen molar-refractivity contribution in [1.29, 1.82) is 0 Å². The van der Waals surface area contributed by atoms with Crippen molar-refractivity contribution in [3.63, 3.8) is 0 Å². The van der Waals surface area contributed by atoms with E-state index in [0.29, 0.717) is 19.6 Å². The molecule has 1 N–H and O–H groups in total. The van der Waals surface area contributed by atoms with Crippen LogP contribution in [0.2, 0.25) is 0 Å². The Morgan fingerprint density at radius 1 is 1.14 bits per heavy atom. The molecule has 4 nitrogen and oxygen atoms in total. The normalized spacial score (nSPS) is 27.5. The number of aliphatic carboxylic acids is 1. The molecular weight excluding hydrogens is 280 g/mol. The monoisotopic (exact) mass is 302 g/mol. The molecule has 1 saturated heterocycles. The fourth-order valence-electron chi connectivity index (χ4n) is 3.95. The number of benzene rings is 1. The van der Waals surface area contributed by atoms with E-state index in [0.717, 1.165) is 25.7 Å². The van der Waals surface area contributed by atoms with Gasteiger partial charge in [0.1, 0.15) is 0 Å². The van der Waals surface area contributed by atoms with Gasteiger partial charge in [-0.1, -0.05) is 42.8 Å². The van der Waals surface area contributed by atoms with E-state index in [9.17, 15) is 4.79 Å². The number of hydrogen-bond donors (Lipinski definition) is 1. The zero-order chi connectivity index (χ0) is 15.5. The van der Waals surface area contributed by atoms with Crippen molar-refractivity contribution in [3.8, 4) is 0 Å². The summed E-state index contributed by atoms with van der Waals surface area (Å²) < 4.78 is 12.2. The van der Waals surface area contributed by atoms with Crippen LogP contribution in [0, 0.1) is 0 Å². The molecule has 0 amide bonds. The number of carboxylic acid groups (broad SMARTS) is 1. The predicted molar refractivity (Wildman–Crippen MR) is 82.6 cm³/mol. The Morgan fingerprint density at radius 3 is 2.50 bits per heavy atom. The Bertz CT molecular complexity index is 545. The third kappa shape index (κ3) is 2.57. The van der Waals surface area contributed by atoms with E-state index in [4.69, 9.17) is 14.6 Å². The summed E-state index contributed by atoms with van der Waals surface area (Å²) in [4.78, 5) is 10.8. The van der Waals surface area contributed by atoms with Crippen molar-refractivity contribution in [2.24, 2.45) is 0 Å². The summed E-state index contributed by atoms with van der Waals surface area (Å²) in [5.41, 5.74) is 0.862. The Balaban J connectivity index is 2.03. The third-order valence-corrected chi connectivity index (χ3v) is 4.90. The van der Waals surface area contributed by atoms with Crippen LogP contribution in [0.15, 0.2) is 42.5 Å². The first-order valence-corrected chi connectivity index (χ1v) is 7.91. The lowest BCUT2D eigenvalue weighted by Gasteiger charge is -2.50. The van der Waals surface area contributed by atoms with Gasteiger partial charge in [0, 0.05) is 12.5 Å². The molecule has 3 rings (SSSR count). The Morgan fingerprint density at radius 2 is 1.82 bits per heavy atom. The van der Waals surface area contributed by atoms with E-state index in [-0.39, 0.29) is 5.41 Å². The van der Waals surface area contributed by atoms with Crippen LogP contribution < -0.4 is 0 Å². The lowest BCUT2D eigenvalue weighted by molar-refractivity contribution is -0.226. The molecule has 1 unspecified atom stereocenters. The summed E-state index contributed by atoms with van der Waals surface area (Å²) >= 11 is 0. The zero-order valence-electron chi connectivity index (χ0n) is 12.7. The van der Waals surface area contributed by atoms with Crippen LogP contribution in [0.1, 0.15) is 37.7 Å². The van der Waals surface area contributed by atoms with Crippen molar-refractivity contribution < 1.29 is 19.4 Å². The van der Waals surface area contributed by atoms with Gasteiger partial charge in [-0.15, -0.1) is 0 Å². The van der Waals surface area contributed by atoms with Gasteiger partial charge < -0.3 is 14.6 Å². The number of allylic oxidation sites excluding steroid dienone is 1. The Kier molecular flexibility index (Phi) is 4.32. The van der Waals surface area contributed by atoms with E-state index >= 15 is 0 Å². The fraction of sp³-hybridized carbons (Fsp3) is 0.500. The summed E-state index contributed by atoms with van der Waals surface area (Å²) in [6.07, 6.45) is 7.57. The zero-order valence-corrected chi connectivity index (χ0v) is 12.7. The molecule has 1 spiro atoms. The van der Waals surface area contributed by atoms with Crippen molar-refractivity contribution in [1.82, 2.24) is 0 Å². The van der Waals surface area contributed by atoms with Gasteiger partial charge >= 0.3 is 5.97 Å². The molecule has 1 saturated carbocycles. The van der Waals surface area contributed by atoms with Gasteiger partial charge in [-0.25, -0.2) is 4.79 Å². The molecule has 1 aliphatic carbocycles. The SMILES string of the molecule is O=C(O)C=CCC1(c2ccccc2)CCCCC12OCCO2. The largest absolute Gasteiger partial charge is 0.478 e. The van der Waals surface area contributed by atoms with Gasteiger partial charge in [0.15, 0.2) is 5.79 Å². The Hall–Kier alpha value is -1.65. The first-order valence-electron chi connectivity index (χ1n) is 7.91. The highest BCUT2D eigenvalue weighted by Gasteiger charge is 2.57. The second-order valence-corrected chi connectivity index (χ2v) is 6.05. The minimum absolute atomic E-state index is 0.311. The van der Waals surface area contributed by atoms with Crippen LogP contribution in [0.3, 0.4) is 0 Å². The molecule has 0 aromatic heterocycles. The number of carbonyl (C=O) groups is 1.